The number of rotatable bonds is 7. The van der Waals surface area contributed by atoms with E-state index in [9.17, 15) is 4.79 Å². The first kappa shape index (κ1) is 17.2. The first-order valence-electron chi connectivity index (χ1n) is 7.75. The standard InChI is InChI=1S/C16H26N4OS/c1-18(13-15-4-3-5-17-12-15)14-16(21)20-8-6-19(7-9-20)10-11-22-2/h3-5,12H,6-11,13-14H2,1-2H3. The van der Waals surface area contributed by atoms with Crippen molar-refractivity contribution >= 4 is 17.7 Å². The lowest BCUT2D eigenvalue weighted by Crippen LogP contribution is -2.51. The molecule has 0 bridgehead atoms. The van der Waals surface area contributed by atoms with Crippen LogP contribution in [0, 0.1) is 0 Å². The number of piperazine rings is 1. The number of aromatic nitrogens is 1. The summed E-state index contributed by atoms with van der Waals surface area (Å²) in [4.78, 5) is 23.0. The molecule has 22 heavy (non-hydrogen) atoms. The Morgan fingerprint density at radius 2 is 2.14 bits per heavy atom. The number of amides is 1. The van der Waals surface area contributed by atoms with Gasteiger partial charge in [-0.25, -0.2) is 0 Å². The molecule has 5 nitrogen and oxygen atoms in total. The summed E-state index contributed by atoms with van der Waals surface area (Å²) in [6.07, 6.45) is 5.76. The Labute approximate surface area is 137 Å². The predicted molar refractivity (Wildman–Crippen MR) is 92.0 cm³/mol. The molecule has 6 heteroatoms. The summed E-state index contributed by atoms with van der Waals surface area (Å²) in [5.74, 6) is 1.40. The zero-order chi connectivity index (χ0) is 15.8. The van der Waals surface area contributed by atoms with Gasteiger partial charge in [-0.05, 0) is 24.9 Å². The third-order valence-electron chi connectivity index (χ3n) is 3.92. The fourth-order valence-corrected chi connectivity index (χ4v) is 3.07. The van der Waals surface area contributed by atoms with E-state index in [4.69, 9.17) is 0 Å². The molecule has 0 atom stereocenters. The number of pyridine rings is 1. The highest BCUT2D eigenvalue weighted by molar-refractivity contribution is 7.98. The van der Waals surface area contributed by atoms with Crippen LogP contribution in [0.5, 0.6) is 0 Å². The third-order valence-corrected chi connectivity index (χ3v) is 4.51. The van der Waals surface area contributed by atoms with Gasteiger partial charge < -0.3 is 4.90 Å². The van der Waals surface area contributed by atoms with E-state index in [2.05, 4.69) is 21.0 Å². The number of hydrogen-bond acceptors (Lipinski definition) is 5. The van der Waals surface area contributed by atoms with Crippen LogP contribution in [0.2, 0.25) is 0 Å². The lowest BCUT2D eigenvalue weighted by atomic mass is 10.2. The summed E-state index contributed by atoms with van der Waals surface area (Å²) in [5.41, 5.74) is 1.14. The highest BCUT2D eigenvalue weighted by atomic mass is 32.2. The molecule has 2 rings (SSSR count). The molecule has 0 unspecified atom stereocenters. The molecule has 0 saturated carbocycles. The molecular formula is C16H26N4OS. The Bertz CT molecular complexity index is 449. The second kappa shape index (κ2) is 9.12. The number of thioether (sulfide) groups is 1. The van der Waals surface area contributed by atoms with Gasteiger partial charge in [0.1, 0.15) is 0 Å². The van der Waals surface area contributed by atoms with E-state index in [1.165, 1.54) is 5.75 Å². The molecule has 0 spiro atoms. The smallest absolute Gasteiger partial charge is 0.236 e. The maximum absolute atomic E-state index is 12.4. The average Bonchev–Trinajstić information content (AvgIpc) is 2.54. The van der Waals surface area contributed by atoms with Gasteiger partial charge in [0.05, 0.1) is 6.54 Å². The van der Waals surface area contributed by atoms with Crippen molar-refractivity contribution in [2.45, 2.75) is 6.54 Å². The van der Waals surface area contributed by atoms with Crippen molar-refractivity contribution in [3.8, 4) is 0 Å². The van der Waals surface area contributed by atoms with Crippen LogP contribution in [0.1, 0.15) is 5.56 Å². The largest absolute Gasteiger partial charge is 0.339 e. The van der Waals surface area contributed by atoms with Crippen molar-refractivity contribution in [1.29, 1.82) is 0 Å². The molecule has 0 aromatic carbocycles. The summed E-state index contributed by atoms with van der Waals surface area (Å²) < 4.78 is 0. The summed E-state index contributed by atoms with van der Waals surface area (Å²) >= 11 is 1.88. The Kier molecular flexibility index (Phi) is 7.15. The van der Waals surface area contributed by atoms with Gasteiger partial charge in [0.25, 0.3) is 0 Å². The number of hydrogen-bond donors (Lipinski definition) is 0. The Morgan fingerprint density at radius 3 is 2.77 bits per heavy atom. The Balaban J connectivity index is 1.71. The first-order chi connectivity index (χ1) is 10.7. The summed E-state index contributed by atoms with van der Waals surface area (Å²) in [5, 5.41) is 0. The van der Waals surface area contributed by atoms with Crippen molar-refractivity contribution < 1.29 is 4.79 Å². The van der Waals surface area contributed by atoms with Crippen LogP contribution in [-0.4, -0.2) is 83.9 Å². The van der Waals surface area contributed by atoms with E-state index in [-0.39, 0.29) is 5.91 Å². The lowest BCUT2D eigenvalue weighted by Gasteiger charge is -2.35. The zero-order valence-electron chi connectivity index (χ0n) is 13.6. The predicted octanol–water partition coefficient (Wildman–Crippen LogP) is 1.02. The zero-order valence-corrected chi connectivity index (χ0v) is 14.4. The molecule has 1 aliphatic heterocycles. The molecule has 1 aliphatic rings. The van der Waals surface area contributed by atoms with Crippen LogP contribution in [0.4, 0.5) is 0 Å². The lowest BCUT2D eigenvalue weighted by molar-refractivity contribution is -0.133. The molecule has 0 aliphatic carbocycles. The van der Waals surface area contributed by atoms with E-state index in [1.807, 2.05) is 42.0 Å². The minimum atomic E-state index is 0.232. The Morgan fingerprint density at radius 1 is 1.36 bits per heavy atom. The van der Waals surface area contributed by atoms with Crippen LogP contribution in [0.3, 0.4) is 0 Å². The van der Waals surface area contributed by atoms with Gasteiger partial charge in [0.2, 0.25) is 5.91 Å². The third kappa shape index (κ3) is 5.59. The van der Waals surface area contributed by atoms with Gasteiger partial charge in [0, 0.05) is 57.4 Å². The molecule has 1 aromatic rings. The maximum Gasteiger partial charge on any atom is 0.236 e. The van der Waals surface area contributed by atoms with Crippen LogP contribution in [0.15, 0.2) is 24.5 Å². The quantitative estimate of drug-likeness (QED) is 0.749. The average molecular weight is 322 g/mol. The number of likely N-dealkylation sites (N-methyl/N-ethyl adjacent to an activating group) is 1. The van der Waals surface area contributed by atoms with E-state index >= 15 is 0 Å². The van der Waals surface area contributed by atoms with Gasteiger partial charge >= 0.3 is 0 Å². The van der Waals surface area contributed by atoms with Crippen molar-refractivity contribution in [2.24, 2.45) is 0 Å². The minimum absolute atomic E-state index is 0.232. The van der Waals surface area contributed by atoms with Gasteiger partial charge in [0.15, 0.2) is 0 Å². The van der Waals surface area contributed by atoms with E-state index in [0.717, 1.165) is 44.8 Å². The second-order valence-electron chi connectivity index (χ2n) is 5.75. The van der Waals surface area contributed by atoms with Gasteiger partial charge in [-0.15, -0.1) is 0 Å². The molecule has 1 aromatic heterocycles. The first-order valence-corrected chi connectivity index (χ1v) is 9.15. The Hall–Kier alpha value is -1.11. The molecule has 0 radical (unpaired) electrons. The van der Waals surface area contributed by atoms with E-state index in [0.29, 0.717) is 6.54 Å². The minimum Gasteiger partial charge on any atom is -0.339 e. The van der Waals surface area contributed by atoms with Gasteiger partial charge in [-0.3, -0.25) is 19.6 Å². The van der Waals surface area contributed by atoms with Crippen molar-refractivity contribution in [3.05, 3.63) is 30.1 Å². The topological polar surface area (TPSA) is 39.7 Å². The van der Waals surface area contributed by atoms with Crippen LogP contribution >= 0.6 is 11.8 Å². The number of nitrogens with zero attached hydrogens (tertiary/aromatic N) is 4. The number of carbonyl (C=O) groups is 1. The molecular weight excluding hydrogens is 296 g/mol. The highest BCUT2D eigenvalue weighted by Crippen LogP contribution is 2.06. The van der Waals surface area contributed by atoms with Crippen LogP contribution < -0.4 is 0 Å². The summed E-state index contributed by atoms with van der Waals surface area (Å²) in [6, 6.07) is 3.97. The fourth-order valence-electron chi connectivity index (χ4n) is 2.63. The molecule has 122 valence electrons. The molecule has 2 heterocycles. The van der Waals surface area contributed by atoms with E-state index < -0.39 is 0 Å². The van der Waals surface area contributed by atoms with Gasteiger partial charge in [-0.2, -0.15) is 11.8 Å². The van der Waals surface area contributed by atoms with Crippen LogP contribution in [-0.2, 0) is 11.3 Å². The van der Waals surface area contributed by atoms with Gasteiger partial charge in [-0.1, -0.05) is 6.07 Å². The van der Waals surface area contributed by atoms with E-state index in [1.54, 1.807) is 6.20 Å². The molecule has 1 saturated heterocycles. The fraction of sp³-hybridized carbons (Fsp3) is 0.625. The maximum atomic E-state index is 12.4. The van der Waals surface area contributed by atoms with Crippen LogP contribution in [0.25, 0.3) is 0 Å². The number of carbonyl (C=O) groups excluding carboxylic acids is 1. The highest BCUT2D eigenvalue weighted by Gasteiger charge is 2.21. The summed E-state index contributed by atoms with van der Waals surface area (Å²) in [6.45, 7) is 6.07. The normalized spacial score (nSPS) is 16.2. The second-order valence-corrected chi connectivity index (χ2v) is 6.73. The molecule has 1 fully saturated rings. The summed E-state index contributed by atoms with van der Waals surface area (Å²) in [7, 11) is 1.99. The molecule has 0 N–H and O–H groups in total. The van der Waals surface area contributed by atoms with Crippen molar-refractivity contribution in [3.63, 3.8) is 0 Å². The SMILES string of the molecule is CSCCN1CCN(C(=O)CN(C)Cc2cccnc2)CC1. The van der Waals surface area contributed by atoms with Crippen molar-refractivity contribution in [1.82, 2.24) is 19.7 Å². The molecule has 1 amide bonds. The monoisotopic (exact) mass is 322 g/mol. The van der Waals surface area contributed by atoms with Crippen molar-refractivity contribution in [2.75, 3.05) is 58.3 Å².